The molecule has 0 amide bonds. The maximum Gasteiger partial charge on any atom is 0.195 e. The summed E-state index contributed by atoms with van der Waals surface area (Å²) < 4.78 is 10.6. The Labute approximate surface area is 127 Å². The third-order valence-electron chi connectivity index (χ3n) is 3.84. The predicted octanol–water partition coefficient (Wildman–Crippen LogP) is 0.0185. The van der Waals surface area contributed by atoms with Gasteiger partial charge in [0.2, 0.25) is 0 Å². The minimum atomic E-state index is -1.44. The third-order valence-corrected chi connectivity index (χ3v) is 3.84. The Morgan fingerprint density at radius 3 is 2.41 bits per heavy atom. The molecule has 1 aliphatic heterocycles. The molecule has 1 heterocycles. The van der Waals surface area contributed by atoms with Crippen LogP contribution in [0.2, 0.25) is 0 Å². The average molecular weight is 306 g/mol. The number of hydrogen-bond acceptors (Lipinski definition) is 6. The molecule has 3 rings (SSSR count). The Bertz CT molecular complexity index is 645. The normalized spacial score (nSPS) is 32.1. The molecular formula is C16H18O6. The summed E-state index contributed by atoms with van der Waals surface area (Å²) in [6.07, 6.45) is -6.33. The maximum atomic E-state index is 10.1. The molecule has 0 unspecified atom stereocenters. The smallest absolute Gasteiger partial charge is 0.195 e. The van der Waals surface area contributed by atoms with Gasteiger partial charge in [-0.1, -0.05) is 30.3 Å². The fourth-order valence-corrected chi connectivity index (χ4v) is 2.60. The second-order valence-corrected chi connectivity index (χ2v) is 5.32. The second kappa shape index (κ2) is 6.20. The highest BCUT2D eigenvalue weighted by atomic mass is 16.7. The van der Waals surface area contributed by atoms with E-state index in [9.17, 15) is 15.3 Å². The number of hydrogen-bond donors (Lipinski definition) is 4. The van der Waals surface area contributed by atoms with Gasteiger partial charge in [0.1, 0.15) is 24.1 Å². The lowest BCUT2D eigenvalue weighted by Crippen LogP contribution is -2.60. The molecule has 1 fully saturated rings. The highest BCUT2D eigenvalue weighted by molar-refractivity contribution is 5.83. The first-order valence-corrected chi connectivity index (χ1v) is 7.06. The summed E-state index contributed by atoms with van der Waals surface area (Å²) in [6, 6.07) is 13.1. The molecular weight excluding hydrogens is 288 g/mol. The van der Waals surface area contributed by atoms with E-state index in [4.69, 9.17) is 14.6 Å². The summed E-state index contributed by atoms with van der Waals surface area (Å²) in [4.78, 5) is 0. The molecule has 0 radical (unpaired) electrons. The van der Waals surface area contributed by atoms with Crippen molar-refractivity contribution in [1.29, 1.82) is 0 Å². The van der Waals surface area contributed by atoms with Crippen LogP contribution in [0.3, 0.4) is 0 Å². The van der Waals surface area contributed by atoms with Crippen LogP contribution in [-0.4, -0.2) is 57.7 Å². The molecule has 0 bridgehead atoms. The first kappa shape index (κ1) is 15.2. The molecule has 22 heavy (non-hydrogen) atoms. The summed E-state index contributed by atoms with van der Waals surface area (Å²) in [5.74, 6) is 0.444. The van der Waals surface area contributed by atoms with Crippen molar-refractivity contribution in [3.05, 3.63) is 42.5 Å². The lowest BCUT2D eigenvalue weighted by atomic mass is 9.99. The highest BCUT2D eigenvalue weighted by Crippen LogP contribution is 2.26. The van der Waals surface area contributed by atoms with Crippen molar-refractivity contribution in [2.45, 2.75) is 30.7 Å². The van der Waals surface area contributed by atoms with E-state index in [0.717, 1.165) is 10.8 Å². The minimum absolute atomic E-state index is 0.444. The van der Waals surface area contributed by atoms with Crippen LogP contribution in [-0.2, 0) is 4.74 Å². The van der Waals surface area contributed by atoms with Crippen molar-refractivity contribution in [2.24, 2.45) is 0 Å². The Morgan fingerprint density at radius 1 is 0.955 bits per heavy atom. The van der Waals surface area contributed by atoms with Gasteiger partial charge in [-0.15, -0.1) is 0 Å². The average Bonchev–Trinajstić information content (AvgIpc) is 2.54. The fourth-order valence-electron chi connectivity index (χ4n) is 2.60. The van der Waals surface area contributed by atoms with E-state index in [0.29, 0.717) is 5.75 Å². The van der Waals surface area contributed by atoms with Crippen LogP contribution in [0.25, 0.3) is 10.8 Å². The van der Waals surface area contributed by atoms with E-state index in [1.54, 1.807) is 12.1 Å². The van der Waals surface area contributed by atoms with Crippen molar-refractivity contribution in [3.63, 3.8) is 0 Å². The summed E-state index contributed by atoms with van der Waals surface area (Å²) >= 11 is 0. The Kier molecular flexibility index (Phi) is 4.28. The first-order valence-electron chi connectivity index (χ1n) is 7.06. The first-order chi connectivity index (χ1) is 10.6. The number of benzene rings is 2. The van der Waals surface area contributed by atoms with Crippen molar-refractivity contribution in [3.8, 4) is 5.75 Å². The van der Waals surface area contributed by atoms with Gasteiger partial charge in [0.25, 0.3) is 0 Å². The Hall–Kier alpha value is -1.70. The monoisotopic (exact) mass is 306 g/mol. The highest BCUT2D eigenvalue weighted by Gasteiger charge is 2.45. The zero-order valence-corrected chi connectivity index (χ0v) is 11.7. The zero-order valence-electron chi connectivity index (χ0n) is 11.7. The van der Waals surface area contributed by atoms with E-state index >= 15 is 0 Å². The number of fused-ring (bicyclic) bond motifs is 1. The predicted molar refractivity (Wildman–Crippen MR) is 78.3 cm³/mol. The van der Waals surface area contributed by atoms with Crippen molar-refractivity contribution < 1.29 is 29.9 Å². The van der Waals surface area contributed by atoms with E-state index in [1.807, 2.05) is 30.3 Å². The van der Waals surface area contributed by atoms with Crippen LogP contribution in [0.15, 0.2) is 42.5 Å². The molecule has 118 valence electrons. The van der Waals surface area contributed by atoms with Gasteiger partial charge in [-0.25, -0.2) is 0 Å². The number of rotatable bonds is 3. The third kappa shape index (κ3) is 2.79. The molecule has 2 aromatic rings. The molecule has 0 saturated carbocycles. The van der Waals surface area contributed by atoms with Crippen LogP contribution in [0, 0.1) is 0 Å². The van der Waals surface area contributed by atoms with Crippen LogP contribution in [0.1, 0.15) is 0 Å². The number of aliphatic hydroxyl groups excluding tert-OH is 4. The van der Waals surface area contributed by atoms with Gasteiger partial charge in [0.05, 0.1) is 6.61 Å². The molecule has 5 atom stereocenters. The van der Waals surface area contributed by atoms with E-state index < -0.39 is 37.3 Å². The van der Waals surface area contributed by atoms with Gasteiger partial charge in [-0.05, 0) is 22.9 Å². The lowest BCUT2D eigenvalue weighted by molar-refractivity contribution is -0.280. The van der Waals surface area contributed by atoms with Gasteiger partial charge in [-0.3, -0.25) is 0 Å². The van der Waals surface area contributed by atoms with Crippen LogP contribution >= 0.6 is 0 Å². The van der Waals surface area contributed by atoms with Crippen molar-refractivity contribution in [2.75, 3.05) is 6.61 Å². The number of aliphatic hydroxyl groups is 4. The largest absolute Gasteiger partial charge is 0.482 e. The number of ether oxygens (including phenoxy) is 2. The zero-order chi connectivity index (χ0) is 15.7. The van der Waals surface area contributed by atoms with E-state index in [2.05, 4.69) is 0 Å². The van der Waals surface area contributed by atoms with E-state index in [-0.39, 0.29) is 0 Å². The molecule has 0 aromatic heterocycles. The summed E-state index contributed by atoms with van der Waals surface area (Å²) in [5.41, 5.74) is 0. The standard InChI is InChI=1S/C16H18O6/c17-8-12-13(18)14(19)15(16(20)22-12)21-11-6-5-9-3-1-2-4-10(9)7-11/h1-7,12-20H,8H2/t12-,13-,14+,15-,16-/m1/s1. The molecule has 0 spiro atoms. The summed E-state index contributed by atoms with van der Waals surface area (Å²) in [7, 11) is 0. The van der Waals surface area contributed by atoms with Gasteiger partial charge in [-0.2, -0.15) is 0 Å². The second-order valence-electron chi connectivity index (χ2n) is 5.32. The molecule has 6 nitrogen and oxygen atoms in total. The van der Waals surface area contributed by atoms with Gasteiger partial charge in [0.15, 0.2) is 12.4 Å². The Balaban J connectivity index is 1.81. The minimum Gasteiger partial charge on any atom is -0.482 e. The lowest BCUT2D eigenvalue weighted by Gasteiger charge is -2.39. The fraction of sp³-hybridized carbons (Fsp3) is 0.375. The Morgan fingerprint density at radius 2 is 1.68 bits per heavy atom. The summed E-state index contributed by atoms with van der Waals surface area (Å²) in [6.45, 7) is -0.502. The van der Waals surface area contributed by atoms with Crippen molar-refractivity contribution in [1.82, 2.24) is 0 Å². The van der Waals surface area contributed by atoms with Gasteiger partial charge < -0.3 is 29.9 Å². The molecule has 4 N–H and O–H groups in total. The van der Waals surface area contributed by atoms with Crippen LogP contribution in [0.5, 0.6) is 5.75 Å². The van der Waals surface area contributed by atoms with Gasteiger partial charge >= 0.3 is 0 Å². The van der Waals surface area contributed by atoms with Crippen LogP contribution in [0.4, 0.5) is 0 Å². The molecule has 2 aromatic carbocycles. The molecule has 0 aliphatic carbocycles. The summed E-state index contributed by atoms with van der Waals surface area (Å²) in [5, 5.41) is 40.8. The maximum absolute atomic E-state index is 10.1. The molecule has 1 aliphatic rings. The van der Waals surface area contributed by atoms with E-state index in [1.165, 1.54) is 0 Å². The quantitative estimate of drug-likeness (QED) is 0.638. The topological polar surface area (TPSA) is 99.4 Å². The van der Waals surface area contributed by atoms with Crippen molar-refractivity contribution >= 4 is 10.8 Å². The molecule has 6 heteroatoms. The SMILES string of the molecule is OC[C@H]1O[C@@H](O)[C@H](Oc2ccc3ccccc3c2)[C@@H](O)[C@@H]1O. The molecule has 1 saturated heterocycles. The van der Waals surface area contributed by atoms with Crippen LogP contribution < -0.4 is 4.74 Å². The van der Waals surface area contributed by atoms with Gasteiger partial charge in [0, 0.05) is 0 Å².